The van der Waals surface area contributed by atoms with Crippen molar-refractivity contribution in [1.82, 2.24) is 4.98 Å². The summed E-state index contributed by atoms with van der Waals surface area (Å²) in [5.74, 6) is -0.883. The van der Waals surface area contributed by atoms with Crippen LogP contribution in [-0.2, 0) is 0 Å². The van der Waals surface area contributed by atoms with Gasteiger partial charge in [-0.1, -0.05) is 0 Å². The molecule has 0 spiro atoms. The first-order chi connectivity index (χ1) is 5.29. The number of rotatable bonds is 0. The number of aromatic nitrogens is 1. The summed E-state index contributed by atoms with van der Waals surface area (Å²) in [6.07, 6.45) is 0. The lowest BCUT2D eigenvalue weighted by atomic mass is 10.3. The minimum absolute atomic E-state index is 0.120. The Morgan fingerprint density at radius 2 is 1.91 bits per heavy atom. The molecular weight excluding hydrogens is 168 g/mol. The zero-order valence-corrected chi connectivity index (χ0v) is 6.16. The molecule has 56 valence electrons. The van der Waals surface area contributed by atoms with Gasteiger partial charge in [-0.3, -0.25) is 0 Å². The molecule has 2 aromatic rings. The maximum absolute atomic E-state index is 12.8. The number of thiazole rings is 1. The molecule has 2 rings (SSSR count). The van der Waals surface area contributed by atoms with Crippen LogP contribution in [0.5, 0.6) is 0 Å². The molecule has 0 fully saturated rings. The van der Waals surface area contributed by atoms with Crippen molar-refractivity contribution in [2.24, 2.45) is 0 Å². The molecule has 1 heterocycles. The summed E-state index contributed by atoms with van der Waals surface area (Å²) < 4.78 is 25.9. The van der Waals surface area contributed by atoms with E-state index in [0.29, 0.717) is 0 Å². The van der Waals surface area contributed by atoms with Crippen molar-refractivity contribution in [1.29, 1.82) is 0 Å². The van der Waals surface area contributed by atoms with E-state index in [0.717, 1.165) is 23.5 Å². The summed E-state index contributed by atoms with van der Waals surface area (Å²) in [5.41, 5.74) is 1.55. The van der Waals surface area contributed by atoms with Crippen molar-refractivity contribution in [2.75, 3.05) is 0 Å². The molecule has 0 atom stereocenters. The molecule has 4 heteroatoms. The third kappa shape index (κ3) is 0.903. The van der Waals surface area contributed by atoms with Crippen LogP contribution in [0.2, 0.25) is 0 Å². The monoisotopic (exact) mass is 171 g/mol. The lowest BCUT2D eigenvalue weighted by molar-refractivity contribution is 0.617. The minimum Gasteiger partial charge on any atom is -0.241 e. The van der Waals surface area contributed by atoms with Crippen molar-refractivity contribution in [2.45, 2.75) is 0 Å². The summed E-state index contributed by atoms with van der Waals surface area (Å²) in [6.45, 7) is 0. The van der Waals surface area contributed by atoms with Crippen molar-refractivity contribution in [3.63, 3.8) is 0 Å². The van der Waals surface area contributed by atoms with Gasteiger partial charge in [0.1, 0.15) is 11.3 Å². The molecule has 0 aliphatic carbocycles. The van der Waals surface area contributed by atoms with Gasteiger partial charge in [0.15, 0.2) is 5.82 Å². The molecule has 0 saturated carbocycles. The highest BCUT2D eigenvalue weighted by molar-refractivity contribution is 7.16. The fourth-order valence-corrected chi connectivity index (χ4v) is 1.59. The normalized spacial score (nSPS) is 10.7. The van der Waals surface area contributed by atoms with Crippen LogP contribution in [0, 0.1) is 11.6 Å². The molecule has 0 saturated heterocycles. The summed E-state index contributed by atoms with van der Waals surface area (Å²) >= 11 is 1.10. The zero-order chi connectivity index (χ0) is 7.84. The number of hydrogen-bond acceptors (Lipinski definition) is 2. The molecule has 0 aliphatic heterocycles. The van der Waals surface area contributed by atoms with E-state index in [-0.39, 0.29) is 10.2 Å². The summed E-state index contributed by atoms with van der Waals surface area (Å²) in [4.78, 5) is 3.68. The number of nitrogens with zero attached hydrogens (tertiary/aromatic N) is 1. The summed E-state index contributed by atoms with van der Waals surface area (Å²) in [5, 5.41) is 0. The number of hydrogen-bond donors (Lipinski definition) is 0. The van der Waals surface area contributed by atoms with Gasteiger partial charge in [0.2, 0.25) is 0 Å². The van der Waals surface area contributed by atoms with Gasteiger partial charge in [0, 0.05) is 0 Å². The largest absolute Gasteiger partial charge is 0.241 e. The summed E-state index contributed by atoms with van der Waals surface area (Å²) in [6, 6.07) is 2.19. The molecule has 0 N–H and O–H groups in total. The molecular formula is C7H3F2NS. The summed E-state index contributed by atoms with van der Waals surface area (Å²) in [7, 11) is 0. The Hall–Kier alpha value is -1.03. The van der Waals surface area contributed by atoms with Gasteiger partial charge < -0.3 is 0 Å². The topological polar surface area (TPSA) is 12.9 Å². The molecule has 11 heavy (non-hydrogen) atoms. The lowest BCUT2D eigenvalue weighted by Crippen LogP contribution is -1.79. The lowest BCUT2D eigenvalue weighted by Gasteiger charge is -1.90. The first-order valence-corrected chi connectivity index (χ1v) is 3.84. The molecule has 0 amide bonds. The van der Waals surface area contributed by atoms with Crippen LogP contribution in [0.1, 0.15) is 0 Å². The molecule has 1 aromatic carbocycles. The SMILES string of the molecule is Fc1ccc(F)c2scnc12. The standard InChI is InChI=1S/C7H3F2NS/c8-4-1-2-5(9)7-6(4)10-3-11-7/h1-3H. The van der Waals surface area contributed by atoms with Crippen LogP contribution < -0.4 is 0 Å². The van der Waals surface area contributed by atoms with Crippen LogP contribution in [0.15, 0.2) is 17.6 Å². The second-order valence-corrected chi connectivity index (χ2v) is 2.91. The number of halogens is 2. The third-order valence-electron chi connectivity index (χ3n) is 1.39. The number of benzene rings is 1. The Labute approximate surface area is 65.3 Å². The Morgan fingerprint density at radius 1 is 1.18 bits per heavy atom. The van der Waals surface area contributed by atoms with Gasteiger partial charge in [0.05, 0.1) is 10.2 Å². The van der Waals surface area contributed by atoms with Crippen molar-refractivity contribution < 1.29 is 8.78 Å². The molecule has 0 unspecified atom stereocenters. The number of fused-ring (bicyclic) bond motifs is 1. The highest BCUT2D eigenvalue weighted by atomic mass is 32.1. The van der Waals surface area contributed by atoms with Crippen LogP contribution >= 0.6 is 11.3 Å². The van der Waals surface area contributed by atoms with Crippen LogP contribution in [0.25, 0.3) is 10.2 Å². The van der Waals surface area contributed by atoms with Crippen molar-refractivity contribution >= 4 is 21.6 Å². The fraction of sp³-hybridized carbons (Fsp3) is 0. The Balaban J connectivity index is 2.96. The first kappa shape index (κ1) is 6.67. The van der Waals surface area contributed by atoms with E-state index in [4.69, 9.17) is 0 Å². The molecule has 1 nitrogen and oxygen atoms in total. The van der Waals surface area contributed by atoms with E-state index in [2.05, 4.69) is 4.98 Å². The molecule has 0 radical (unpaired) electrons. The minimum atomic E-state index is -0.470. The van der Waals surface area contributed by atoms with Gasteiger partial charge in [0.25, 0.3) is 0 Å². The second kappa shape index (κ2) is 2.23. The highest BCUT2D eigenvalue weighted by Gasteiger charge is 2.06. The van der Waals surface area contributed by atoms with Gasteiger partial charge in [-0.05, 0) is 12.1 Å². The quantitative estimate of drug-likeness (QED) is 0.593. The van der Waals surface area contributed by atoms with E-state index < -0.39 is 11.6 Å². The highest BCUT2D eigenvalue weighted by Crippen LogP contribution is 2.23. The van der Waals surface area contributed by atoms with E-state index >= 15 is 0 Å². The van der Waals surface area contributed by atoms with Gasteiger partial charge in [-0.15, -0.1) is 11.3 Å². The van der Waals surface area contributed by atoms with E-state index in [1.165, 1.54) is 5.51 Å². The molecule has 0 bridgehead atoms. The van der Waals surface area contributed by atoms with Crippen molar-refractivity contribution in [3.8, 4) is 0 Å². The Morgan fingerprint density at radius 3 is 2.64 bits per heavy atom. The Kier molecular flexibility index (Phi) is 1.35. The van der Waals surface area contributed by atoms with E-state index in [1.807, 2.05) is 0 Å². The van der Waals surface area contributed by atoms with Crippen LogP contribution in [0.4, 0.5) is 8.78 Å². The molecule has 1 aromatic heterocycles. The second-order valence-electron chi connectivity index (χ2n) is 2.06. The predicted octanol–water partition coefficient (Wildman–Crippen LogP) is 2.57. The molecule has 0 aliphatic rings. The third-order valence-corrected chi connectivity index (χ3v) is 2.22. The van der Waals surface area contributed by atoms with Crippen LogP contribution in [-0.4, -0.2) is 4.98 Å². The average Bonchev–Trinajstić information content (AvgIpc) is 2.45. The fourth-order valence-electron chi connectivity index (χ4n) is 0.887. The predicted molar refractivity (Wildman–Crippen MR) is 39.5 cm³/mol. The smallest absolute Gasteiger partial charge is 0.150 e. The average molecular weight is 171 g/mol. The van der Waals surface area contributed by atoms with E-state index in [1.54, 1.807) is 0 Å². The maximum atomic E-state index is 12.8. The van der Waals surface area contributed by atoms with Crippen LogP contribution in [0.3, 0.4) is 0 Å². The Bertz CT molecular complexity index is 360. The van der Waals surface area contributed by atoms with Gasteiger partial charge in [-0.25, -0.2) is 13.8 Å². The van der Waals surface area contributed by atoms with Gasteiger partial charge in [-0.2, -0.15) is 0 Å². The van der Waals surface area contributed by atoms with Gasteiger partial charge >= 0.3 is 0 Å². The van der Waals surface area contributed by atoms with E-state index in [9.17, 15) is 8.78 Å². The zero-order valence-electron chi connectivity index (χ0n) is 5.34. The van der Waals surface area contributed by atoms with Crippen molar-refractivity contribution in [3.05, 3.63) is 29.3 Å². The maximum Gasteiger partial charge on any atom is 0.150 e. The first-order valence-electron chi connectivity index (χ1n) is 2.96.